The SMILES string of the molecule is CC(C)c1noc(-c2ccc(O)c(Cl)c2)n1. The van der Waals surface area contributed by atoms with E-state index in [1.54, 1.807) is 12.1 Å². The summed E-state index contributed by atoms with van der Waals surface area (Å²) in [6, 6.07) is 4.77. The second-order valence-corrected chi connectivity index (χ2v) is 4.19. The molecule has 0 fully saturated rings. The third kappa shape index (κ3) is 2.02. The zero-order valence-electron chi connectivity index (χ0n) is 8.94. The molecule has 5 heteroatoms. The van der Waals surface area contributed by atoms with Crippen LogP contribution in [-0.2, 0) is 0 Å². The van der Waals surface area contributed by atoms with Gasteiger partial charge in [0.15, 0.2) is 5.82 Å². The molecule has 0 aliphatic carbocycles. The maximum Gasteiger partial charge on any atom is 0.257 e. The van der Waals surface area contributed by atoms with Crippen LogP contribution in [0, 0.1) is 0 Å². The summed E-state index contributed by atoms with van der Waals surface area (Å²) in [6.07, 6.45) is 0. The van der Waals surface area contributed by atoms with Gasteiger partial charge in [-0.25, -0.2) is 0 Å². The predicted molar refractivity (Wildman–Crippen MR) is 60.5 cm³/mol. The van der Waals surface area contributed by atoms with Gasteiger partial charge < -0.3 is 9.63 Å². The Hall–Kier alpha value is -1.55. The standard InChI is InChI=1S/C11H11ClN2O2/c1-6(2)10-13-11(16-14-10)7-3-4-9(15)8(12)5-7/h3-6,15H,1-2H3. The number of halogens is 1. The predicted octanol–water partition coefficient (Wildman–Crippen LogP) is 3.22. The smallest absolute Gasteiger partial charge is 0.257 e. The highest BCUT2D eigenvalue weighted by Gasteiger charge is 2.12. The molecular weight excluding hydrogens is 228 g/mol. The van der Waals surface area contributed by atoms with Gasteiger partial charge >= 0.3 is 0 Å². The summed E-state index contributed by atoms with van der Waals surface area (Å²) in [7, 11) is 0. The van der Waals surface area contributed by atoms with Crippen LogP contribution in [0.3, 0.4) is 0 Å². The Morgan fingerprint density at radius 2 is 2.12 bits per heavy atom. The number of benzene rings is 1. The molecule has 1 aromatic heterocycles. The molecule has 0 saturated carbocycles. The molecule has 1 N–H and O–H groups in total. The Bertz CT molecular complexity index is 508. The molecule has 1 aromatic carbocycles. The lowest BCUT2D eigenvalue weighted by Gasteiger charge is -1.98. The molecule has 0 saturated heterocycles. The first-order valence-corrected chi connectivity index (χ1v) is 5.28. The van der Waals surface area contributed by atoms with E-state index in [1.807, 2.05) is 13.8 Å². The van der Waals surface area contributed by atoms with E-state index in [4.69, 9.17) is 16.1 Å². The van der Waals surface area contributed by atoms with Crippen LogP contribution in [0.5, 0.6) is 5.75 Å². The Balaban J connectivity index is 2.39. The maximum absolute atomic E-state index is 9.29. The second-order valence-electron chi connectivity index (χ2n) is 3.78. The molecule has 84 valence electrons. The van der Waals surface area contributed by atoms with Crippen LogP contribution in [0.4, 0.5) is 0 Å². The molecule has 0 bridgehead atoms. The average molecular weight is 239 g/mol. The summed E-state index contributed by atoms with van der Waals surface area (Å²) in [5, 5.41) is 13.4. The molecule has 2 rings (SSSR count). The van der Waals surface area contributed by atoms with Gasteiger partial charge in [0.1, 0.15) is 5.75 Å². The van der Waals surface area contributed by atoms with Gasteiger partial charge in [-0.05, 0) is 18.2 Å². The van der Waals surface area contributed by atoms with Crippen LogP contribution < -0.4 is 0 Å². The third-order valence-corrected chi connectivity index (χ3v) is 2.46. The van der Waals surface area contributed by atoms with Gasteiger partial charge in [0.2, 0.25) is 0 Å². The van der Waals surface area contributed by atoms with Crippen molar-refractivity contribution in [1.29, 1.82) is 0 Å². The lowest BCUT2D eigenvalue weighted by atomic mass is 10.2. The van der Waals surface area contributed by atoms with Crippen molar-refractivity contribution in [3.63, 3.8) is 0 Å². The van der Waals surface area contributed by atoms with Crippen LogP contribution in [0.15, 0.2) is 22.7 Å². The van der Waals surface area contributed by atoms with Gasteiger partial charge in [0.25, 0.3) is 5.89 Å². The molecule has 1 heterocycles. The first-order valence-electron chi connectivity index (χ1n) is 4.90. The Morgan fingerprint density at radius 1 is 1.38 bits per heavy atom. The van der Waals surface area contributed by atoms with Gasteiger partial charge in [-0.1, -0.05) is 30.6 Å². The summed E-state index contributed by atoms with van der Waals surface area (Å²) in [4.78, 5) is 4.23. The van der Waals surface area contributed by atoms with E-state index in [0.717, 1.165) is 0 Å². The Labute approximate surface area is 97.9 Å². The fraction of sp³-hybridized carbons (Fsp3) is 0.273. The van der Waals surface area contributed by atoms with E-state index in [0.29, 0.717) is 17.3 Å². The minimum absolute atomic E-state index is 0.0361. The van der Waals surface area contributed by atoms with Crippen LogP contribution in [-0.4, -0.2) is 15.2 Å². The van der Waals surface area contributed by atoms with E-state index in [-0.39, 0.29) is 16.7 Å². The lowest BCUT2D eigenvalue weighted by molar-refractivity contribution is 0.419. The summed E-state index contributed by atoms with van der Waals surface area (Å²) in [5.41, 5.74) is 0.696. The molecule has 2 aromatic rings. The highest BCUT2D eigenvalue weighted by atomic mass is 35.5. The number of aromatic hydroxyl groups is 1. The van der Waals surface area contributed by atoms with Crippen molar-refractivity contribution < 1.29 is 9.63 Å². The summed E-state index contributed by atoms with van der Waals surface area (Å²) < 4.78 is 5.11. The van der Waals surface area contributed by atoms with E-state index in [2.05, 4.69) is 10.1 Å². The second kappa shape index (κ2) is 4.14. The largest absolute Gasteiger partial charge is 0.506 e. The summed E-state index contributed by atoms with van der Waals surface area (Å²) >= 11 is 5.79. The zero-order valence-corrected chi connectivity index (χ0v) is 9.69. The molecule has 4 nitrogen and oxygen atoms in total. The molecular formula is C11H11ClN2O2. The Morgan fingerprint density at radius 3 is 2.69 bits per heavy atom. The maximum atomic E-state index is 9.29. The minimum Gasteiger partial charge on any atom is -0.506 e. The van der Waals surface area contributed by atoms with Crippen molar-refractivity contribution in [2.24, 2.45) is 0 Å². The fourth-order valence-corrected chi connectivity index (χ4v) is 1.41. The molecule has 16 heavy (non-hydrogen) atoms. The number of phenolic OH excluding ortho intramolecular Hbond substituents is 1. The van der Waals surface area contributed by atoms with E-state index in [9.17, 15) is 5.11 Å². The molecule has 0 atom stereocenters. The normalized spacial score (nSPS) is 11.0. The van der Waals surface area contributed by atoms with Crippen LogP contribution in [0.1, 0.15) is 25.6 Å². The molecule has 0 spiro atoms. The van der Waals surface area contributed by atoms with Gasteiger partial charge in [-0.2, -0.15) is 4.98 Å². The van der Waals surface area contributed by atoms with Crippen LogP contribution >= 0.6 is 11.6 Å². The topological polar surface area (TPSA) is 59.2 Å². The average Bonchev–Trinajstić information content (AvgIpc) is 2.71. The molecule has 0 amide bonds. The van der Waals surface area contributed by atoms with E-state index < -0.39 is 0 Å². The fourth-order valence-electron chi connectivity index (χ4n) is 1.23. The first kappa shape index (κ1) is 11.0. The Kier molecular flexibility index (Phi) is 2.83. The van der Waals surface area contributed by atoms with Crippen molar-refractivity contribution >= 4 is 11.6 Å². The highest BCUT2D eigenvalue weighted by Crippen LogP contribution is 2.28. The van der Waals surface area contributed by atoms with Gasteiger partial charge in [-0.3, -0.25) is 0 Å². The number of rotatable bonds is 2. The van der Waals surface area contributed by atoms with E-state index in [1.165, 1.54) is 6.07 Å². The number of phenols is 1. The first-order chi connectivity index (χ1) is 7.58. The molecule has 0 aliphatic rings. The monoisotopic (exact) mass is 238 g/mol. The van der Waals surface area contributed by atoms with Crippen molar-refractivity contribution in [1.82, 2.24) is 10.1 Å². The zero-order chi connectivity index (χ0) is 11.7. The molecule has 0 aliphatic heterocycles. The summed E-state index contributed by atoms with van der Waals surface area (Å²) in [5.74, 6) is 1.31. The molecule has 0 radical (unpaired) electrons. The van der Waals surface area contributed by atoms with Gasteiger partial charge in [-0.15, -0.1) is 0 Å². The number of hydrogen-bond donors (Lipinski definition) is 1. The van der Waals surface area contributed by atoms with E-state index >= 15 is 0 Å². The van der Waals surface area contributed by atoms with Crippen LogP contribution in [0.25, 0.3) is 11.5 Å². The minimum atomic E-state index is 0.0361. The van der Waals surface area contributed by atoms with Crippen molar-refractivity contribution in [3.05, 3.63) is 29.0 Å². The van der Waals surface area contributed by atoms with Gasteiger partial charge in [0.05, 0.1) is 5.02 Å². The van der Waals surface area contributed by atoms with Gasteiger partial charge in [0, 0.05) is 11.5 Å². The lowest BCUT2D eigenvalue weighted by Crippen LogP contribution is -1.89. The number of nitrogens with zero attached hydrogens (tertiary/aromatic N) is 2. The number of aromatic nitrogens is 2. The highest BCUT2D eigenvalue weighted by molar-refractivity contribution is 6.32. The third-order valence-electron chi connectivity index (χ3n) is 2.15. The summed E-state index contributed by atoms with van der Waals surface area (Å²) in [6.45, 7) is 3.97. The molecule has 0 unspecified atom stereocenters. The van der Waals surface area contributed by atoms with Crippen LogP contribution in [0.2, 0.25) is 5.02 Å². The number of hydrogen-bond acceptors (Lipinski definition) is 4. The van der Waals surface area contributed by atoms with Crippen molar-refractivity contribution in [2.45, 2.75) is 19.8 Å². The van der Waals surface area contributed by atoms with Crippen molar-refractivity contribution in [2.75, 3.05) is 0 Å². The van der Waals surface area contributed by atoms with Crippen molar-refractivity contribution in [3.8, 4) is 17.2 Å². The quantitative estimate of drug-likeness (QED) is 0.873.